The first-order chi connectivity index (χ1) is 13.1. The fourth-order valence-electron chi connectivity index (χ4n) is 2.60. The normalized spacial score (nSPS) is 10.4. The van der Waals surface area contributed by atoms with Crippen molar-refractivity contribution >= 4 is 5.91 Å². The maximum absolute atomic E-state index is 12.3. The average molecular weight is 365 g/mol. The highest BCUT2D eigenvalue weighted by Crippen LogP contribution is 2.19. The maximum atomic E-state index is 12.3. The van der Waals surface area contributed by atoms with E-state index in [1.807, 2.05) is 68.7 Å². The highest BCUT2D eigenvalue weighted by Gasteiger charge is 2.07. The Labute approximate surface area is 158 Å². The summed E-state index contributed by atoms with van der Waals surface area (Å²) in [6.07, 6.45) is 1.85. The number of carbonyl (C=O) groups is 1. The van der Waals surface area contributed by atoms with E-state index in [-0.39, 0.29) is 5.91 Å². The molecular weight excluding hydrogens is 342 g/mol. The summed E-state index contributed by atoms with van der Waals surface area (Å²) in [5.74, 6) is 1.43. The van der Waals surface area contributed by atoms with Crippen LogP contribution in [0.15, 0.2) is 60.8 Å². The van der Waals surface area contributed by atoms with E-state index < -0.39 is 0 Å². The number of carbonyl (C=O) groups excluding carboxylic acids is 1. The van der Waals surface area contributed by atoms with Gasteiger partial charge in [0, 0.05) is 18.8 Å². The third-order valence-electron chi connectivity index (χ3n) is 3.93. The monoisotopic (exact) mass is 365 g/mol. The van der Waals surface area contributed by atoms with Gasteiger partial charge < -0.3 is 14.8 Å². The summed E-state index contributed by atoms with van der Waals surface area (Å²) < 4.78 is 12.9. The van der Waals surface area contributed by atoms with Gasteiger partial charge in [0.15, 0.2) is 0 Å². The molecule has 140 valence electrons. The molecule has 0 fully saturated rings. The number of aromatic nitrogens is 2. The molecule has 0 radical (unpaired) electrons. The van der Waals surface area contributed by atoms with E-state index in [2.05, 4.69) is 10.4 Å². The second-order valence-electron chi connectivity index (χ2n) is 6.06. The largest absolute Gasteiger partial charge is 0.494 e. The Morgan fingerprint density at radius 1 is 1.07 bits per heavy atom. The third-order valence-corrected chi connectivity index (χ3v) is 3.93. The smallest absolute Gasteiger partial charge is 0.251 e. The molecule has 27 heavy (non-hydrogen) atoms. The van der Waals surface area contributed by atoms with Crippen molar-refractivity contribution in [2.75, 3.05) is 6.61 Å². The van der Waals surface area contributed by atoms with E-state index in [0.29, 0.717) is 25.3 Å². The molecule has 2 aromatic carbocycles. The topological polar surface area (TPSA) is 65.4 Å². The number of aryl methyl sites for hydroxylation is 1. The standard InChI is InChI=1S/C21H23N3O3/c1-3-26-19-7-9-20(10-8-19)27-15-16-5-4-6-17(13-16)21(25)22-14-18-11-12-24(2)23-18/h4-13H,3,14-15H2,1-2H3,(H,22,25). The van der Waals surface area contributed by atoms with Crippen molar-refractivity contribution in [3.8, 4) is 11.5 Å². The second-order valence-corrected chi connectivity index (χ2v) is 6.06. The first kappa shape index (κ1) is 18.5. The number of amides is 1. The summed E-state index contributed by atoms with van der Waals surface area (Å²) in [4.78, 5) is 12.3. The van der Waals surface area contributed by atoms with Crippen molar-refractivity contribution in [2.45, 2.75) is 20.1 Å². The number of benzene rings is 2. The van der Waals surface area contributed by atoms with Crippen LogP contribution in [0.3, 0.4) is 0 Å². The van der Waals surface area contributed by atoms with Crippen LogP contribution >= 0.6 is 0 Å². The van der Waals surface area contributed by atoms with E-state index in [9.17, 15) is 4.79 Å². The quantitative estimate of drug-likeness (QED) is 0.665. The first-order valence-electron chi connectivity index (χ1n) is 8.85. The van der Waals surface area contributed by atoms with Gasteiger partial charge in [-0.05, 0) is 55.0 Å². The number of hydrogen-bond acceptors (Lipinski definition) is 4. The molecule has 1 amide bonds. The zero-order valence-corrected chi connectivity index (χ0v) is 15.5. The minimum Gasteiger partial charge on any atom is -0.494 e. The molecule has 0 atom stereocenters. The predicted molar refractivity (Wildman–Crippen MR) is 103 cm³/mol. The molecular formula is C21H23N3O3. The van der Waals surface area contributed by atoms with Crippen molar-refractivity contribution in [1.82, 2.24) is 15.1 Å². The molecule has 1 N–H and O–H groups in total. The number of rotatable bonds is 8. The van der Waals surface area contributed by atoms with E-state index in [4.69, 9.17) is 9.47 Å². The van der Waals surface area contributed by atoms with Crippen LogP contribution in [0.4, 0.5) is 0 Å². The van der Waals surface area contributed by atoms with Gasteiger partial charge in [-0.3, -0.25) is 9.48 Å². The van der Waals surface area contributed by atoms with Crippen LogP contribution in [0, 0.1) is 0 Å². The molecule has 0 aliphatic heterocycles. The summed E-state index contributed by atoms with van der Waals surface area (Å²) in [5.41, 5.74) is 2.34. The lowest BCUT2D eigenvalue weighted by Gasteiger charge is -2.09. The van der Waals surface area contributed by atoms with Crippen molar-refractivity contribution in [2.24, 2.45) is 7.05 Å². The van der Waals surface area contributed by atoms with E-state index in [0.717, 1.165) is 22.8 Å². The minimum absolute atomic E-state index is 0.136. The predicted octanol–water partition coefficient (Wildman–Crippen LogP) is 3.33. The Hall–Kier alpha value is -3.28. The molecule has 6 nitrogen and oxygen atoms in total. The molecule has 6 heteroatoms. The molecule has 1 heterocycles. The Morgan fingerprint density at radius 2 is 1.81 bits per heavy atom. The maximum Gasteiger partial charge on any atom is 0.251 e. The van der Waals surface area contributed by atoms with Crippen LogP contribution in [0.5, 0.6) is 11.5 Å². The lowest BCUT2D eigenvalue weighted by atomic mass is 10.1. The zero-order chi connectivity index (χ0) is 19.1. The van der Waals surface area contributed by atoms with E-state index >= 15 is 0 Å². The molecule has 0 aliphatic carbocycles. The van der Waals surface area contributed by atoms with Gasteiger partial charge in [-0.2, -0.15) is 5.10 Å². The van der Waals surface area contributed by atoms with Gasteiger partial charge in [-0.25, -0.2) is 0 Å². The number of nitrogens with zero attached hydrogens (tertiary/aromatic N) is 2. The van der Waals surface area contributed by atoms with Crippen molar-refractivity contribution in [3.63, 3.8) is 0 Å². The lowest BCUT2D eigenvalue weighted by Crippen LogP contribution is -2.23. The summed E-state index contributed by atoms with van der Waals surface area (Å²) in [7, 11) is 1.85. The molecule has 0 unspecified atom stereocenters. The Bertz CT molecular complexity index is 888. The number of ether oxygens (including phenoxy) is 2. The minimum atomic E-state index is -0.136. The molecule has 0 aliphatic rings. The fraction of sp³-hybridized carbons (Fsp3) is 0.238. The van der Waals surface area contributed by atoms with Crippen LogP contribution in [0.25, 0.3) is 0 Å². The summed E-state index contributed by atoms with van der Waals surface area (Å²) >= 11 is 0. The van der Waals surface area contributed by atoms with Gasteiger partial charge in [0.25, 0.3) is 5.91 Å². The van der Waals surface area contributed by atoms with Crippen LogP contribution in [-0.2, 0) is 20.2 Å². The number of hydrogen-bond donors (Lipinski definition) is 1. The summed E-state index contributed by atoms with van der Waals surface area (Å²) in [5, 5.41) is 7.13. The Morgan fingerprint density at radius 3 is 2.48 bits per heavy atom. The summed E-state index contributed by atoms with van der Waals surface area (Å²) in [6, 6.07) is 16.8. The summed E-state index contributed by atoms with van der Waals surface area (Å²) in [6.45, 7) is 3.36. The van der Waals surface area contributed by atoms with E-state index in [1.165, 1.54) is 0 Å². The molecule has 0 bridgehead atoms. The number of nitrogens with one attached hydrogen (secondary N) is 1. The highest BCUT2D eigenvalue weighted by molar-refractivity contribution is 5.94. The molecule has 0 spiro atoms. The van der Waals surface area contributed by atoms with Crippen molar-refractivity contribution in [1.29, 1.82) is 0 Å². The van der Waals surface area contributed by atoms with Gasteiger partial charge in [-0.15, -0.1) is 0 Å². The van der Waals surface area contributed by atoms with Crippen LogP contribution in [0.1, 0.15) is 28.5 Å². The SMILES string of the molecule is CCOc1ccc(OCc2cccc(C(=O)NCc3ccn(C)n3)c2)cc1. The fourth-order valence-corrected chi connectivity index (χ4v) is 2.60. The molecule has 0 saturated carbocycles. The molecule has 1 aromatic heterocycles. The first-order valence-corrected chi connectivity index (χ1v) is 8.85. The van der Waals surface area contributed by atoms with Crippen molar-refractivity contribution in [3.05, 3.63) is 77.6 Å². The molecule has 0 saturated heterocycles. The van der Waals surface area contributed by atoms with Crippen LogP contribution in [0.2, 0.25) is 0 Å². The van der Waals surface area contributed by atoms with Gasteiger partial charge in [0.2, 0.25) is 0 Å². The Kier molecular flexibility index (Phi) is 6.10. The van der Waals surface area contributed by atoms with Crippen LogP contribution in [-0.4, -0.2) is 22.3 Å². The Balaban J connectivity index is 1.55. The van der Waals surface area contributed by atoms with Crippen molar-refractivity contribution < 1.29 is 14.3 Å². The van der Waals surface area contributed by atoms with Gasteiger partial charge in [0.05, 0.1) is 18.8 Å². The lowest BCUT2D eigenvalue weighted by molar-refractivity contribution is 0.0950. The zero-order valence-electron chi connectivity index (χ0n) is 15.5. The van der Waals surface area contributed by atoms with Gasteiger partial charge in [-0.1, -0.05) is 12.1 Å². The van der Waals surface area contributed by atoms with Gasteiger partial charge >= 0.3 is 0 Å². The third kappa shape index (κ3) is 5.34. The van der Waals surface area contributed by atoms with E-state index in [1.54, 1.807) is 10.7 Å². The molecule has 3 aromatic rings. The highest BCUT2D eigenvalue weighted by atomic mass is 16.5. The van der Waals surface area contributed by atoms with Gasteiger partial charge in [0.1, 0.15) is 18.1 Å². The average Bonchev–Trinajstić information content (AvgIpc) is 3.11. The second kappa shape index (κ2) is 8.89. The van der Waals surface area contributed by atoms with Crippen LogP contribution < -0.4 is 14.8 Å². The molecule has 3 rings (SSSR count).